The zero-order chi connectivity index (χ0) is 15.4. The highest BCUT2D eigenvalue weighted by Gasteiger charge is 2.16. The highest BCUT2D eigenvalue weighted by molar-refractivity contribution is 7.99. The first-order valence-electron chi connectivity index (χ1n) is 5.85. The van der Waals surface area contributed by atoms with Gasteiger partial charge in [-0.3, -0.25) is 4.57 Å². The number of thioether (sulfide) groups is 1. The van der Waals surface area contributed by atoms with Gasteiger partial charge in [-0.15, -0.1) is 16.8 Å². The summed E-state index contributed by atoms with van der Waals surface area (Å²) in [7, 11) is 0. The summed E-state index contributed by atoms with van der Waals surface area (Å²) in [6, 6.07) is 5.05. The molecule has 110 valence electrons. The summed E-state index contributed by atoms with van der Waals surface area (Å²) in [4.78, 5) is 10.6. The number of carboxylic acids is 1. The van der Waals surface area contributed by atoms with Gasteiger partial charge in [0.2, 0.25) is 0 Å². The van der Waals surface area contributed by atoms with Crippen LogP contribution in [0.15, 0.2) is 36.0 Å². The van der Waals surface area contributed by atoms with E-state index >= 15 is 0 Å². The smallest absolute Gasteiger partial charge is 0.192 e. The molecule has 5 nitrogen and oxygen atoms in total. The van der Waals surface area contributed by atoms with Crippen LogP contribution in [0.5, 0.6) is 0 Å². The molecule has 0 saturated carbocycles. The summed E-state index contributed by atoms with van der Waals surface area (Å²) in [5.41, 5.74) is 0.663. The van der Waals surface area contributed by atoms with Crippen molar-refractivity contribution in [3.8, 4) is 11.4 Å². The average molecular weight is 343 g/mol. The maximum atomic E-state index is 10.6. The molecule has 0 N–H and O–H groups in total. The SMILES string of the molecule is C=CCn1c(SCC(=O)[O-])nnc1-c1ccc(Cl)cc1Cl. The Balaban J connectivity index is 2.43. The lowest BCUT2D eigenvalue weighted by Crippen LogP contribution is -2.24. The van der Waals surface area contributed by atoms with E-state index in [1.165, 1.54) is 0 Å². The first kappa shape index (κ1) is 15.9. The number of rotatable bonds is 6. The van der Waals surface area contributed by atoms with Crippen LogP contribution in [-0.4, -0.2) is 26.5 Å². The molecule has 2 rings (SSSR count). The van der Waals surface area contributed by atoms with Crippen molar-refractivity contribution in [3.05, 3.63) is 40.9 Å². The standard InChI is InChI=1S/C13H11Cl2N3O2S/c1-2-5-18-12(9-4-3-8(14)6-10(9)15)16-17-13(18)21-7-11(19)20/h2-4,6H,1,5,7H2,(H,19,20)/p-1. The second-order valence-electron chi connectivity index (χ2n) is 3.99. The minimum atomic E-state index is -1.17. The molecule has 1 heterocycles. The number of aromatic nitrogens is 3. The van der Waals surface area contributed by atoms with E-state index in [1.807, 2.05) is 0 Å². The van der Waals surface area contributed by atoms with Crippen molar-refractivity contribution in [3.63, 3.8) is 0 Å². The van der Waals surface area contributed by atoms with E-state index in [2.05, 4.69) is 16.8 Å². The molecule has 0 aliphatic rings. The number of benzene rings is 1. The normalized spacial score (nSPS) is 10.6. The fourth-order valence-electron chi connectivity index (χ4n) is 1.68. The quantitative estimate of drug-likeness (QED) is 0.594. The lowest BCUT2D eigenvalue weighted by molar-refractivity contribution is -0.301. The van der Waals surface area contributed by atoms with Crippen molar-refractivity contribution < 1.29 is 9.90 Å². The molecule has 1 aromatic carbocycles. The number of halogens is 2. The predicted octanol–water partition coefficient (Wildman–Crippen LogP) is 2.28. The Labute approximate surface area is 135 Å². The summed E-state index contributed by atoms with van der Waals surface area (Å²) in [6.45, 7) is 4.10. The van der Waals surface area contributed by atoms with E-state index < -0.39 is 5.97 Å². The van der Waals surface area contributed by atoms with Crippen LogP contribution in [0.1, 0.15) is 0 Å². The maximum absolute atomic E-state index is 10.6. The Bertz CT molecular complexity index is 688. The Kier molecular flexibility index (Phi) is 5.27. The van der Waals surface area contributed by atoms with Gasteiger partial charge in [0, 0.05) is 22.9 Å². The average Bonchev–Trinajstić information content (AvgIpc) is 2.80. The summed E-state index contributed by atoms with van der Waals surface area (Å²) < 4.78 is 1.73. The van der Waals surface area contributed by atoms with Gasteiger partial charge in [-0.05, 0) is 18.2 Å². The molecule has 0 radical (unpaired) electrons. The van der Waals surface area contributed by atoms with E-state index in [1.54, 1.807) is 28.8 Å². The number of carbonyl (C=O) groups excluding carboxylic acids is 1. The van der Waals surface area contributed by atoms with Crippen molar-refractivity contribution in [1.29, 1.82) is 0 Å². The van der Waals surface area contributed by atoms with Gasteiger partial charge < -0.3 is 9.90 Å². The molecule has 0 spiro atoms. The zero-order valence-electron chi connectivity index (χ0n) is 10.8. The third-order valence-electron chi connectivity index (χ3n) is 2.52. The zero-order valence-corrected chi connectivity index (χ0v) is 13.1. The minimum Gasteiger partial charge on any atom is -0.549 e. The van der Waals surface area contributed by atoms with Crippen LogP contribution >= 0.6 is 35.0 Å². The van der Waals surface area contributed by atoms with Gasteiger partial charge in [0.15, 0.2) is 11.0 Å². The molecule has 0 aliphatic carbocycles. The first-order chi connectivity index (χ1) is 10.0. The van der Waals surface area contributed by atoms with Crippen LogP contribution in [0.4, 0.5) is 0 Å². The number of aliphatic carboxylic acids is 1. The summed E-state index contributed by atoms with van der Waals surface area (Å²) in [5, 5.41) is 20.1. The van der Waals surface area contributed by atoms with Gasteiger partial charge in [-0.2, -0.15) is 0 Å². The first-order valence-corrected chi connectivity index (χ1v) is 7.59. The highest BCUT2D eigenvalue weighted by Crippen LogP contribution is 2.31. The van der Waals surface area contributed by atoms with Crippen LogP contribution in [0, 0.1) is 0 Å². The number of allylic oxidation sites excluding steroid dienone is 1. The van der Waals surface area contributed by atoms with Crippen molar-refractivity contribution in [2.45, 2.75) is 11.7 Å². The molecule has 1 aromatic heterocycles. The largest absolute Gasteiger partial charge is 0.549 e. The fourth-order valence-corrected chi connectivity index (χ4v) is 2.84. The second kappa shape index (κ2) is 6.98. The number of nitrogens with zero attached hydrogens (tertiary/aromatic N) is 3. The van der Waals surface area contributed by atoms with Crippen LogP contribution in [0.25, 0.3) is 11.4 Å². The minimum absolute atomic E-state index is 0.205. The topological polar surface area (TPSA) is 70.8 Å². The Hall–Kier alpha value is -1.50. The molecule has 2 aromatic rings. The van der Waals surface area contributed by atoms with E-state index in [4.69, 9.17) is 23.2 Å². The van der Waals surface area contributed by atoms with Gasteiger partial charge in [0.25, 0.3) is 0 Å². The van der Waals surface area contributed by atoms with Gasteiger partial charge >= 0.3 is 0 Å². The molecular weight excluding hydrogens is 333 g/mol. The van der Waals surface area contributed by atoms with Crippen molar-refractivity contribution in [2.24, 2.45) is 0 Å². The van der Waals surface area contributed by atoms with Gasteiger partial charge in [-0.25, -0.2) is 0 Å². The van der Waals surface area contributed by atoms with Crippen molar-refractivity contribution in [1.82, 2.24) is 14.8 Å². The van der Waals surface area contributed by atoms with Crippen LogP contribution in [-0.2, 0) is 11.3 Å². The number of hydrogen-bond acceptors (Lipinski definition) is 5. The summed E-state index contributed by atoms with van der Waals surface area (Å²) in [6.07, 6.45) is 1.67. The molecule has 8 heteroatoms. The second-order valence-corrected chi connectivity index (χ2v) is 5.78. The van der Waals surface area contributed by atoms with E-state index in [0.717, 1.165) is 11.8 Å². The van der Waals surface area contributed by atoms with E-state index in [0.29, 0.717) is 33.1 Å². The summed E-state index contributed by atoms with van der Waals surface area (Å²) >= 11 is 13.1. The Morgan fingerprint density at radius 1 is 1.43 bits per heavy atom. The third-order valence-corrected chi connectivity index (χ3v) is 4.01. The van der Waals surface area contributed by atoms with Gasteiger partial charge in [-0.1, -0.05) is 41.0 Å². The predicted molar refractivity (Wildman–Crippen MR) is 81.4 cm³/mol. The fraction of sp³-hybridized carbons (Fsp3) is 0.154. The van der Waals surface area contributed by atoms with Crippen molar-refractivity contribution in [2.75, 3.05) is 5.75 Å². The van der Waals surface area contributed by atoms with Gasteiger partial charge in [0.05, 0.1) is 11.0 Å². The lowest BCUT2D eigenvalue weighted by atomic mass is 10.2. The molecule has 0 amide bonds. The molecule has 21 heavy (non-hydrogen) atoms. The van der Waals surface area contributed by atoms with Gasteiger partial charge in [0.1, 0.15) is 0 Å². The Morgan fingerprint density at radius 3 is 2.81 bits per heavy atom. The van der Waals surface area contributed by atoms with Crippen LogP contribution in [0.3, 0.4) is 0 Å². The molecule has 0 fully saturated rings. The molecule has 0 saturated heterocycles. The highest BCUT2D eigenvalue weighted by atomic mass is 35.5. The van der Waals surface area contributed by atoms with E-state index in [-0.39, 0.29) is 5.75 Å². The molecule has 0 atom stereocenters. The Morgan fingerprint density at radius 2 is 2.19 bits per heavy atom. The molecular formula is C13H10Cl2N3O2S-. The third kappa shape index (κ3) is 3.78. The number of carboxylic acid groups (broad SMARTS) is 1. The molecule has 0 unspecified atom stereocenters. The lowest BCUT2D eigenvalue weighted by Gasteiger charge is -2.09. The van der Waals surface area contributed by atoms with Crippen LogP contribution in [0.2, 0.25) is 10.0 Å². The van der Waals surface area contributed by atoms with Crippen LogP contribution < -0.4 is 5.11 Å². The monoisotopic (exact) mass is 342 g/mol. The number of hydrogen-bond donors (Lipinski definition) is 0. The number of carbonyl (C=O) groups is 1. The van der Waals surface area contributed by atoms with E-state index in [9.17, 15) is 9.90 Å². The summed E-state index contributed by atoms with van der Waals surface area (Å²) in [5.74, 6) is -0.847. The molecule has 0 aliphatic heterocycles. The van der Waals surface area contributed by atoms with Crippen molar-refractivity contribution >= 4 is 40.9 Å². The molecule has 0 bridgehead atoms. The maximum Gasteiger partial charge on any atom is 0.192 e.